The first kappa shape index (κ1) is 24.8. The molecule has 1 aliphatic heterocycles. The average Bonchev–Trinajstić information content (AvgIpc) is 2.89. The summed E-state index contributed by atoms with van der Waals surface area (Å²) in [5.74, 6) is -0.394. The normalized spacial score (nSPS) is 14.4. The highest BCUT2D eigenvalue weighted by molar-refractivity contribution is 6.32. The molecule has 1 atom stereocenters. The van der Waals surface area contributed by atoms with Crippen LogP contribution in [0.25, 0.3) is 11.3 Å². The van der Waals surface area contributed by atoms with E-state index in [0.29, 0.717) is 52.1 Å². The number of aromatic nitrogens is 1. The second-order valence-electron chi connectivity index (χ2n) is 8.60. The van der Waals surface area contributed by atoms with Gasteiger partial charge in [0.05, 0.1) is 29.7 Å². The van der Waals surface area contributed by atoms with E-state index in [1.165, 1.54) is 0 Å². The van der Waals surface area contributed by atoms with Gasteiger partial charge in [-0.1, -0.05) is 41.4 Å². The number of ether oxygens (including phenoxy) is 2. The summed E-state index contributed by atoms with van der Waals surface area (Å²) in [7, 11) is 0. The lowest BCUT2D eigenvalue weighted by Crippen LogP contribution is -2.20. The number of carbonyl (C=O) groups is 2. The quantitative estimate of drug-likeness (QED) is 0.252. The smallest absolute Gasteiger partial charge is 0.311 e. The number of carboxylic acid groups (broad SMARTS) is 1. The zero-order valence-electron chi connectivity index (χ0n) is 19.5. The first-order chi connectivity index (χ1) is 17.9. The van der Waals surface area contributed by atoms with Crippen molar-refractivity contribution in [3.8, 4) is 28.5 Å². The van der Waals surface area contributed by atoms with E-state index in [9.17, 15) is 14.7 Å². The van der Waals surface area contributed by atoms with Gasteiger partial charge in [0.1, 0.15) is 17.2 Å². The van der Waals surface area contributed by atoms with Crippen LogP contribution in [-0.2, 0) is 11.2 Å². The Balaban J connectivity index is 1.28. The van der Waals surface area contributed by atoms with Gasteiger partial charge in [0.15, 0.2) is 5.78 Å². The number of nitrogens with zero attached hydrogens (tertiary/aromatic N) is 1. The summed E-state index contributed by atoms with van der Waals surface area (Å²) in [6.07, 6.45) is 0.537. The Labute approximate surface area is 223 Å². The number of halogens is 2. The molecule has 0 bridgehead atoms. The number of hydrogen-bond donors (Lipinski definition) is 1. The molecular formula is C29H21Cl2NO5. The van der Waals surface area contributed by atoms with Gasteiger partial charge in [-0.2, -0.15) is 0 Å². The minimum atomic E-state index is -0.915. The summed E-state index contributed by atoms with van der Waals surface area (Å²) in [4.78, 5) is 29.0. The predicted octanol–water partition coefficient (Wildman–Crippen LogP) is 7.22. The Bertz CT molecular complexity index is 1470. The Morgan fingerprint density at radius 1 is 1.00 bits per heavy atom. The van der Waals surface area contributed by atoms with E-state index in [2.05, 4.69) is 4.98 Å². The maximum absolute atomic E-state index is 12.9. The van der Waals surface area contributed by atoms with Crippen LogP contribution in [0.1, 0.15) is 34.0 Å². The van der Waals surface area contributed by atoms with Gasteiger partial charge in [0, 0.05) is 33.5 Å². The minimum absolute atomic E-state index is 0.0766. The maximum Gasteiger partial charge on any atom is 0.311 e. The Morgan fingerprint density at radius 2 is 1.76 bits per heavy atom. The van der Waals surface area contributed by atoms with Crippen LogP contribution in [0, 0.1) is 0 Å². The third-order valence-electron chi connectivity index (χ3n) is 6.09. The van der Waals surface area contributed by atoms with Gasteiger partial charge in [0.25, 0.3) is 0 Å². The molecule has 2 heterocycles. The van der Waals surface area contributed by atoms with Crippen LogP contribution in [-0.4, -0.2) is 28.4 Å². The van der Waals surface area contributed by atoms with Crippen LogP contribution in [0.4, 0.5) is 0 Å². The van der Waals surface area contributed by atoms with Crippen molar-refractivity contribution in [3.05, 3.63) is 106 Å². The molecule has 5 rings (SSSR count). The Morgan fingerprint density at radius 3 is 2.49 bits per heavy atom. The van der Waals surface area contributed by atoms with Gasteiger partial charge < -0.3 is 14.6 Å². The van der Waals surface area contributed by atoms with E-state index in [1.807, 2.05) is 30.3 Å². The fourth-order valence-electron chi connectivity index (χ4n) is 4.19. The van der Waals surface area contributed by atoms with Crippen molar-refractivity contribution in [1.29, 1.82) is 0 Å². The first-order valence-electron chi connectivity index (χ1n) is 11.6. The highest BCUT2D eigenvalue weighted by Gasteiger charge is 2.29. The molecule has 3 aromatic carbocycles. The van der Waals surface area contributed by atoms with E-state index < -0.39 is 11.9 Å². The summed E-state index contributed by atoms with van der Waals surface area (Å²) in [6.45, 7) is 0.305. The summed E-state index contributed by atoms with van der Waals surface area (Å²) >= 11 is 12.3. The largest absolute Gasteiger partial charge is 0.493 e. The first-order valence-corrected chi connectivity index (χ1v) is 12.3. The van der Waals surface area contributed by atoms with Crippen LogP contribution in [0.2, 0.25) is 10.0 Å². The monoisotopic (exact) mass is 533 g/mol. The number of pyridine rings is 1. The van der Waals surface area contributed by atoms with Crippen molar-refractivity contribution in [1.82, 2.24) is 4.98 Å². The topological polar surface area (TPSA) is 85.7 Å². The van der Waals surface area contributed by atoms with Gasteiger partial charge in [-0.05, 0) is 61.0 Å². The number of carbonyl (C=O) groups excluding carboxylic acids is 1. The number of carboxylic acids is 1. The molecule has 1 aromatic heterocycles. The number of hydrogen-bond acceptors (Lipinski definition) is 5. The second kappa shape index (κ2) is 10.6. The minimum Gasteiger partial charge on any atom is -0.493 e. The third-order valence-corrected chi connectivity index (χ3v) is 6.64. The second-order valence-corrected chi connectivity index (χ2v) is 9.44. The Hall–Kier alpha value is -3.87. The molecule has 0 radical (unpaired) electrons. The molecule has 0 fully saturated rings. The third kappa shape index (κ3) is 5.61. The van der Waals surface area contributed by atoms with Crippen molar-refractivity contribution < 1.29 is 24.2 Å². The Kier molecular flexibility index (Phi) is 7.12. The summed E-state index contributed by atoms with van der Waals surface area (Å²) < 4.78 is 11.5. The molecule has 6 nitrogen and oxygen atoms in total. The van der Waals surface area contributed by atoms with E-state index in [4.69, 9.17) is 32.7 Å². The molecule has 1 N–H and O–H groups in total. The summed E-state index contributed by atoms with van der Waals surface area (Å²) in [5, 5.41) is 10.4. The molecule has 0 unspecified atom stereocenters. The van der Waals surface area contributed by atoms with E-state index in [-0.39, 0.29) is 17.2 Å². The molecule has 0 spiro atoms. The van der Waals surface area contributed by atoms with Crippen molar-refractivity contribution in [2.75, 3.05) is 6.61 Å². The van der Waals surface area contributed by atoms with Crippen molar-refractivity contribution >= 4 is 35.0 Å². The van der Waals surface area contributed by atoms with Crippen molar-refractivity contribution in [2.24, 2.45) is 0 Å². The highest BCUT2D eigenvalue weighted by atomic mass is 35.5. The van der Waals surface area contributed by atoms with Gasteiger partial charge in [-0.25, -0.2) is 0 Å². The molecule has 186 valence electrons. The summed E-state index contributed by atoms with van der Waals surface area (Å²) in [6, 6.07) is 22.9. The van der Waals surface area contributed by atoms with E-state index in [0.717, 1.165) is 11.3 Å². The van der Waals surface area contributed by atoms with Gasteiger partial charge in [-0.3, -0.25) is 14.6 Å². The lowest BCUT2D eigenvalue weighted by molar-refractivity contribution is -0.139. The average molecular weight is 534 g/mol. The fraction of sp³-hybridized carbons (Fsp3) is 0.138. The fourth-order valence-corrected chi connectivity index (χ4v) is 4.52. The van der Waals surface area contributed by atoms with Gasteiger partial charge >= 0.3 is 5.97 Å². The van der Waals surface area contributed by atoms with Crippen LogP contribution in [0.15, 0.2) is 78.9 Å². The lowest BCUT2D eigenvalue weighted by atomic mass is 9.93. The number of aliphatic carboxylic acids is 1. The number of rotatable bonds is 7. The molecule has 0 saturated carbocycles. The molecule has 4 aromatic rings. The molecule has 37 heavy (non-hydrogen) atoms. The molecular weight excluding hydrogens is 513 g/mol. The molecule has 1 aliphatic rings. The standard InChI is InChI=1S/C29H21Cl2NO5/c30-19-8-4-17(5-9-19)25-3-1-2-20(32-25)14-26(33)18-6-10-21(11-7-18)37-28-16-27-23(15-24(28)31)22(29(34)35)12-13-36-27/h1-11,15-16,22H,12-14H2,(H,34,35)/t22-/m1/s1. The van der Waals surface area contributed by atoms with Crippen LogP contribution in [0.3, 0.4) is 0 Å². The highest BCUT2D eigenvalue weighted by Crippen LogP contribution is 2.41. The SMILES string of the molecule is O=C(Cc1cccc(-c2ccc(Cl)cc2)n1)c1ccc(Oc2cc3c(cc2Cl)[C@H](C(=O)O)CCO3)cc1. The number of ketones is 1. The van der Waals surface area contributed by atoms with Crippen molar-refractivity contribution in [3.63, 3.8) is 0 Å². The van der Waals surface area contributed by atoms with Crippen molar-refractivity contribution in [2.45, 2.75) is 18.8 Å². The van der Waals surface area contributed by atoms with Crippen LogP contribution in [0.5, 0.6) is 17.2 Å². The molecule has 8 heteroatoms. The number of benzene rings is 3. The number of fused-ring (bicyclic) bond motifs is 1. The molecule has 0 saturated heterocycles. The predicted molar refractivity (Wildman–Crippen MR) is 141 cm³/mol. The molecule has 0 amide bonds. The van der Waals surface area contributed by atoms with Crippen LogP contribution >= 0.6 is 23.2 Å². The van der Waals surface area contributed by atoms with E-state index >= 15 is 0 Å². The summed E-state index contributed by atoms with van der Waals surface area (Å²) in [5.41, 5.74) is 3.41. The van der Waals surface area contributed by atoms with Gasteiger partial charge in [-0.15, -0.1) is 0 Å². The van der Waals surface area contributed by atoms with E-state index in [1.54, 1.807) is 48.5 Å². The number of Topliss-reactive ketones (excluding diaryl/α,β-unsaturated/α-hetero) is 1. The zero-order chi connectivity index (χ0) is 25.9. The van der Waals surface area contributed by atoms with Crippen LogP contribution < -0.4 is 9.47 Å². The maximum atomic E-state index is 12.9. The lowest BCUT2D eigenvalue weighted by Gasteiger charge is -2.24. The zero-order valence-corrected chi connectivity index (χ0v) is 21.0. The van der Waals surface area contributed by atoms with Gasteiger partial charge in [0.2, 0.25) is 0 Å². The molecule has 0 aliphatic carbocycles.